The Kier molecular flexibility index (Phi) is 4.27. The van der Waals surface area contributed by atoms with Crippen molar-refractivity contribution < 1.29 is 14.1 Å². The van der Waals surface area contributed by atoms with Crippen molar-refractivity contribution in [3.8, 4) is 0 Å². The molecule has 0 N–H and O–H groups in total. The van der Waals surface area contributed by atoms with Gasteiger partial charge in [0.2, 0.25) is 5.89 Å². The molecule has 2 saturated carbocycles. The Hall–Kier alpha value is -1.39. The van der Waals surface area contributed by atoms with E-state index in [2.05, 4.69) is 10.1 Å². The van der Waals surface area contributed by atoms with Gasteiger partial charge in [-0.2, -0.15) is 4.98 Å². The highest BCUT2D eigenvalue weighted by molar-refractivity contribution is 5.83. The zero-order valence-corrected chi connectivity index (χ0v) is 12.8. The topological polar surface area (TPSA) is 65.2 Å². The summed E-state index contributed by atoms with van der Waals surface area (Å²) in [6, 6.07) is 0. The van der Waals surface area contributed by atoms with Crippen molar-refractivity contribution in [3.63, 3.8) is 0 Å². The molecule has 0 atom stereocenters. The van der Waals surface area contributed by atoms with Crippen molar-refractivity contribution in [2.45, 2.75) is 76.0 Å². The second-order valence-corrected chi connectivity index (χ2v) is 6.30. The molecular weight excluding hydrogens is 268 g/mol. The van der Waals surface area contributed by atoms with Crippen LogP contribution in [0.4, 0.5) is 0 Å². The van der Waals surface area contributed by atoms with E-state index in [0.29, 0.717) is 18.4 Å². The van der Waals surface area contributed by atoms with Crippen LogP contribution in [0.3, 0.4) is 0 Å². The predicted molar refractivity (Wildman–Crippen MR) is 76.9 cm³/mol. The minimum Gasteiger partial charge on any atom is -0.465 e. The molecule has 0 bridgehead atoms. The van der Waals surface area contributed by atoms with Crippen LogP contribution in [0.1, 0.15) is 82.3 Å². The van der Waals surface area contributed by atoms with Crippen molar-refractivity contribution in [1.29, 1.82) is 0 Å². The van der Waals surface area contributed by atoms with Gasteiger partial charge in [-0.05, 0) is 32.6 Å². The third-order valence-electron chi connectivity index (χ3n) is 4.94. The number of esters is 1. The number of rotatable bonds is 4. The Balaban J connectivity index is 1.78. The molecule has 2 aliphatic rings. The van der Waals surface area contributed by atoms with Crippen LogP contribution < -0.4 is 0 Å². The van der Waals surface area contributed by atoms with E-state index in [1.807, 2.05) is 6.92 Å². The summed E-state index contributed by atoms with van der Waals surface area (Å²) in [5, 5.41) is 4.18. The maximum absolute atomic E-state index is 12.2. The Morgan fingerprint density at radius 2 is 1.95 bits per heavy atom. The summed E-state index contributed by atoms with van der Waals surface area (Å²) in [6.07, 6.45) is 9.87. The van der Waals surface area contributed by atoms with Gasteiger partial charge in [0.15, 0.2) is 5.82 Å². The number of aromatic nitrogens is 2. The van der Waals surface area contributed by atoms with Crippen LogP contribution in [0.2, 0.25) is 0 Å². The minimum absolute atomic E-state index is 0.202. The number of hydrogen-bond donors (Lipinski definition) is 0. The monoisotopic (exact) mass is 292 g/mol. The number of nitrogens with zero attached hydrogens (tertiary/aromatic N) is 2. The molecule has 2 aliphatic carbocycles. The Labute approximate surface area is 125 Å². The zero-order chi connectivity index (χ0) is 14.7. The lowest BCUT2D eigenvalue weighted by Crippen LogP contribution is -2.44. The molecule has 0 amide bonds. The molecule has 0 aromatic carbocycles. The second-order valence-electron chi connectivity index (χ2n) is 6.30. The Morgan fingerprint density at radius 3 is 2.52 bits per heavy atom. The van der Waals surface area contributed by atoms with Crippen LogP contribution in [-0.2, 0) is 14.9 Å². The van der Waals surface area contributed by atoms with Crippen LogP contribution in [0.5, 0.6) is 0 Å². The summed E-state index contributed by atoms with van der Waals surface area (Å²) in [4.78, 5) is 16.8. The van der Waals surface area contributed by atoms with Gasteiger partial charge in [-0.25, -0.2) is 0 Å². The van der Waals surface area contributed by atoms with Gasteiger partial charge in [-0.15, -0.1) is 0 Å². The van der Waals surface area contributed by atoms with E-state index in [1.165, 1.54) is 25.7 Å². The third kappa shape index (κ3) is 2.70. The predicted octanol–water partition coefficient (Wildman–Crippen LogP) is 3.49. The summed E-state index contributed by atoms with van der Waals surface area (Å²) in [7, 11) is 0. The quantitative estimate of drug-likeness (QED) is 0.627. The van der Waals surface area contributed by atoms with Crippen LogP contribution in [0.15, 0.2) is 4.52 Å². The number of carbonyl (C=O) groups excluding carboxylic acids is 1. The van der Waals surface area contributed by atoms with Gasteiger partial charge in [-0.1, -0.05) is 37.3 Å². The normalized spacial score (nSPS) is 22.3. The molecule has 1 heterocycles. The number of ether oxygens (including phenoxy) is 1. The largest absolute Gasteiger partial charge is 0.465 e. The molecule has 0 saturated heterocycles. The first kappa shape index (κ1) is 14.5. The van der Waals surface area contributed by atoms with Crippen molar-refractivity contribution in [2.24, 2.45) is 0 Å². The average molecular weight is 292 g/mol. The highest BCUT2D eigenvalue weighted by atomic mass is 16.5. The van der Waals surface area contributed by atoms with Gasteiger partial charge < -0.3 is 9.26 Å². The van der Waals surface area contributed by atoms with Gasteiger partial charge in [0.1, 0.15) is 5.41 Å². The molecule has 0 spiro atoms. The van der Waals surface area contributed by atoms with Crippen LogP contribution in [0.25, 0.3) is 0 Å². The van der Waals surface area contributed by atoms with E-state index < -0.39 is 5.41 Å². The molecule has 0 unspecified atom stereocenters. The van der Waals surface area contributed by atoms with Crippen molar-refractivity contribution in [1.82, 2.24) is 10.1 Å². The van der Waals surface area contributed by atoms with E-state index in [-0.39, 0.29) is 5.97 Å². The molecule has 1 aromatic heterocycles. The maximum Gasteiger partial charge on any atom is 0.321 e. The Morgan fingerprint density at radius 1 is 1.24 bits per heavy atom. The SMILES string of the molecule is CCOC(=O)C1(c2nc(C3CCCCCC3)no2)CCC1. The van der Waals surface area contributed by atoms with E-state index >= 15 is 0 Å². The van der Waals surface area contributed by atoms with E-state index in [4.69, 9.17) is 9.26 Å². The molecule has 5 nitrogen and oxygen atoms in total. The summed E-state index contributed by atoms with van der Waals surface area (Å²) >= 11 is 0. The van der Waals surface area contributed by atoms with Gasteiger partial charge in [0.25, 0.3) is 0 Å². The molecular formula is C16H24N2O3. The molecule has 21 heavy (non-hydrogen) atoms. The average Bonchev–Trinajstić information content (AvgIpc) is 2.74. The molecule has 0 aliphatic heterocycles. The van der Waals surface area contributed by atoms with Crippen LogP contribution in [-0.4, -0.2) is 22.7 Å². The first-order valence-electron chi connectivity index (χ1n) is 8.27. The van der Waals surface area contributed by atoms with Crippen LogP contribution in [0, 0.1) is 0 Å². The van der Waals surface area contributed by atoms with E-state index in [0.717, 1.165) is 37.9 Å². The highest BCUT2D eigenvalue weighted by Gasteiger charge is 2.52. The van der Waals surface area contributed by atoms with Gasteiger partial charge >= 0.3 is 5.97 Å². The standard InChI is InChI=1S/C16H24N2O3/c1-2-20-15(19)16(10-7-11-16)14-17-13(18-21-14)12-8-5-3-4-6-9-12/h12H,2-11H2,1H3. The van der Waals surface area contributed by atoms with Crippen molar-refractivity contribution in [3.05, 3.63) is 11.7 Å². The second kappa shape index (κ2) is 6.16. The Bertz CT molecular complexity index is 485. The molecule has 1 aromatic rings. The van der Waals surface area contributed by atoms with Gasteiger partial charge in [-0.3, -0.25) is 4.79 Å². The van der Waals surface area contributed by atoms with Gasteiger partial charge in [0, 0.05) is 5.92 Å². The summed E-state index contributed by atoms with van der Waals surface area (Å²) in [5.41, 5.74) is -0.661. The lowest BCUT2D eigenvalue weighted by atomic mass is 9.68. The van der Waals surface area contributed by atoms with E-state index in [1.54, 1.807) is 0 Å². The first-order chi connectivity index (χ1) is 10.3. The molecule has 0 radical (unpaired) electrons. The number of carbonyl (C=O) groups is 1. The van der Waals surface area contributed by atoms with Crippen molar-refractivity contribution >= 4 is 5.97 Å². The molecule has 116 valence electrons. The maximum atomic E-state index is 12.2. The molecule has 5 heteroatoms. The highest BCUT2D eigenvalue weighted by Crippen LogP contribution is 2.44. The fourth-order valence-electron chi connectivity index (χ4n) is 3.44. The smallest absolute Gasteiger partial charge is 0.321 e. The summed E-state index contributed by atoms with van der Waals surface area (Å²) in [5.74, 6) is 1.46. The van der Waals surface area contributed by atoms with Crippen LogP contribution >= 0.6 is 0 Å². The lowest BCUT2D eigenvalue weighted by molar-refractivity contribution is -0.155. The van der Waals surface area contributed by atoms with Gasteiger partial charge in [0.05, 0.1) is 6.61 Å². The zero-order valence-electron chi connectivity index (χ0n) is 12.8. The van der Waals surface area contributed by atoms with E-state index in [9.17, 15) is 4.79 Å². The fraction of sp³-hybridized carbons (Fsp3) is 0.812. The summed E-state index contributed by atoms with van der Waals surface area (Å²) < 4.78 is 10.7. The number of hydrogen-bond acceptors (Lipinski definition) is 5. The third-order valence-corrected chi connectivity index (χ3v) is 4.94. The molecule has 2 fully saturated rings. The molecule has 3 rings (SSSR count). The van der Waals surface area contributed by atoms with Crippen molar-refractivity contribution in [2.75, 3.05) is 6.61 Å². The fourth-order valence-corrected chi connectivity index (χ4v) is 3.44. The summed E-state index contributed by atoms with van der Waals surface area (Å²) in [6.45, 7) is 2.22. The lowest BCUT2D eigenvalue weighted by Gasteiger charge is -2.35. The minimum atomic E-state index is -0.661. The first-order valence-corrected chi connectivity index (χ1v) is 8.27.